The minimum absolute atomic E-state index is 0.0963. The van der Waals surface area contributed by atoms with Gasteiger partial charge in [-0.3, -0.25) is 13.9 Å². The van der Waals surface area contributed by atoms with Crippen LogP contribution in [0, 0.1) is 12.7 Å². The number of halogens is 1. The maximum atomic E-state index is 14.4. The monoisotopic (exact) mass is 477 g/mol. The maximum Gasteiger partial charge on any atom is 0.244 e. The zero-order valence-electron chi connectivity index (χ0n) is 19.9. The van der Waals surface area contributed by atoms with E-state index < -0.39 is 39.9 Å². The first-order valence-corrected chi connectivity index (χ1v) is 12.4. The number of aryl methyl sites for hydroxylation is 1. The van der Waals surface area contributed by atoms with E-state index >= 15 is 0 Å². The van der Waals surface area contributed by atoms with Gasteiger partial charge in [0, 0.05) is 12.1 Å². The molecule has 0 aliphatic rings. The molecule has 0 radical (unpaired) electrons. The number of para-hydroxylation sites is 1. The number of benzene rings is 2. The molecule has 2 aromatic carbocycles. The molecular weight excluding hydrogens is 445 g/mol. The molecule has 7 nitrogen and oxygen atoms in total. The van der Waals surface area contributed by atoms with E-state index in [0.29, 0.717) is 0 Å². The lowest BCUT2D eigenvalue weighted by molar-refractivity contribution is -0.140. The minimum Gasteiger partial charge on any atom is -0.350 e. The minimum atomic E-state index is -3.98. The van der Waals surface area contributed by atoms with Gasteiger partial charge < -0.3 is 10.2 Å². The summed E-state index contributed by atoms with van der Waals surface area (Å²) in [6.07, 6.45) is 0.911. The van der Waals surface area contributed by atoms with Crippen LogP contribution in [0.4, 0.5) is 10.1 Å². The molecule has 0 heterocycles. The van der Waals surface area contributed by atoms with Crippen LogP contribution in [-0.2, 0) is 26.2 Å². The molecule has 0 fully saturated rings. The number of rotatable bonds is 8. The Morgan fingerprint density at radius 3 is 2.18 bits per heavy atom. The molecule has 1 N–H and O–H groups in total. The highest BCUT2D eigenvalue weighted by Crippen LogP contribution is 2.22. The standard InChI is InChI=1S/C24H32FN3O4S/c1-17-11-7-8-12-19(17)15-27(18(2)23(30)26-24(3,4)5)22(29)16-28(33(6,31)32)21-14-10-9-13-20(21)25/h7-14,18H,15-16H2,1-6H3,(H,26,30). The van der Waals surface area contributed by atoms with Crippen LogP contribution in [0.3, 0.4) is 0 Å². The summed E-state index contributed by atoms with van der Waals surface area (Å²) >= 11 is 0. The average molecular weight is 478 g/mol. The van der Waals surface area contributed by atoms with Crippen LogP contribution in [0.25, 0.3) is 0 Å². The van der Waals surface area contributed by atoms with Crippen molar-refractivity contribution in [2.75, 3.05) is 17.1 Å². The fourth-order valence-corrected chi connectivity index (χ4v) is 4.13. The Bertz CT molecular complexity index is 1110. The van der Waals surface area contributed by atoms with Gasteiger partial charge in [-0.1, -0.05) is 36.4 Å². The molecule has 0 spiro atoms. The number of amides is 2. The summed E-state index contributed by atoms with van der Waals surface area (Å²) in [5.74, 6) is -1.76. The zero-order chi connectivity index (χ0) is 25.0. The molecule has 33 heavy (non-hydrogen) atoms. The van der Waals surface area contributed by atoms with E-state index in [4.69, 9.17) is 0 Å². The molecule has 180 valence electrons. The van der Waals surface area contributed by atoms with E-state index in [0.717, 1.165) is 27.8 Å². The number of hydrogen-bond donors (Lipinski definition) is 1. The van der Waals surface area contributed by atoms with Crippen molar-refractivity contribution in [3.8, 4) is 0 Å². The van der Waals surface area contributed by atoms with Crippen molar-refractivity contribution in [3.63, 3.8) is 0 Å². The van der Waals surface area contributed by atoms with E-state index in [1.165, 1.54) is 23.1 Å². The van der Waals surface area contributed by atoms with E-state index in [1.807, 2.05) is 52.0 Å². The molecule has 0 saturated carbocycles. The van der Waals surface area contributed by atoms with Crippen LogP contribution >= 0.6 is 0 Å². The quantitative estimate of drug-likeness (QED) is 0.633. The maximum absolute atomic E-state index is 14.4. The summed E-state index contributed by atoms with van der Waals surface area (Å²) in [6, 6.07) is 11.9. The van der Waals surface area contributed by atoms with Crippen molar-refractivity contribution in [3.05, 3.63) is 65.5 Å². The Morgan fingerprint density at radius 2 is 1.64 bits per heavy atom. The van der Waals surface area contributed by atoms with Crippen molar-refractivity contribution in [1.82, 2.24) is 10.2 Å². The normalized spacial score (nSPS) is 12.7. The summed E-state index contributed by atoms with van der Waals surface area (Å²) in [6.45, 7) is 8.42. The molecule has 9 heteroatoms. The molecule has 0 saturated heterocycles. The van der Waals surface area contributed by atoms with Gasteiger partial charge in [0.15, 0.2) is 0 Å². The topological polar surface area (TPSA) is 86.8 Å². The Morgan fingerprint density at radius 1 is 1.06 bits per heavy atom. The second kappa shape index (κ2) is 10.3. The van der Waals surface area contributed by atoms with E-state index in [1.54, 1.807) is 6.92 Å². The molecule has 2 aromatic rings. The van der Waals surface area contributed by atoms with E-state index in [9.17, 15) is 22.4 Å². The van der Waals surface area contributed by atoms with E-state index in [-0.39, 0.29) is 18.1 Å². The number of carbonyl (C=O) groups excluding carboxylic acids is 2. The number of anilines is 1. The van der Waals surface area contributed by atoms with Crippen LogP contribution < -0.4 is 9.62 Å². The third-order valence-corrected chi connectivity index (χ3v) is 6.19. The van der Waals surface area contributed by atoms with Crippen LogP contribution in [0.1, 0.15) is 38.8 Å². The van der Waals surface area contributed by atoms with Gasteiger partial charge in [0.25, 0.3) is 0 Å². The number of carbonyl (C=O) groups is 2. The number of nitrogens with zero attached hydrogens (tertiary/aromatic N) is 2. The van der Waals surface area contributed by atoms with Gasteiger partial charge in [-0.15, -0.1) is 0 Å². The fraction of sp³-hybridized carbons (Fsp3) is 0.417. The van der Waals surface area contributed by atoms with Crippen LogP contribution in [0.15, 0.2) is 48.5 Å². The zero-order valence-corrected chi connectivity index (χ0v) is 20.7. The van der Waals surface area contributed by atoms with Crippen LogP contribution in [0.2, 0.25) is 0 Å². The highest BCUT2D eigenvalue weighted by Gasteiger charge is 2.32. The fourth-order valence-electron chi connectivity index (χ4n) is 3.28. The molecule has 0 aromatic heterocycles. The first-order chi connectivity index (χ1) is 15.2. The number of sulfonamides is 1. The molecule has 2 amide bonds. The largest absolute Gasteiger partial charge is 0.350 e. The second-order valence-corrected chi connectivity index (χ2v) is 11.0. The number of hydrogen-bond acceptors (Lipinski definition) is 4. The molecule has 0 bridgehead atoms. The van der Waals surface area contributed by atoms with Gasteiger partial charge in [-0.25, -0.2) is 12.8 Å². The first-order valence-electron chi connectivity index (χ1n) is 10.6. The summed E-state index contributed by atoms with van der Waals surface area (Å²) in [7, 11) is -3.98. The summed E-state index contributed by atoms with van der Waals surface area (Å²) in [5.41, 5.74) is 0.996. The first kappa shape index (κ1) is 26.3. The molecule has 0 aliphatic carbocycles. The SMILES string of the molecule is Cc1ccccc1CN(C(=O)CN(c1ccccc1F)S(C)(=O)=O)C(C)C(=O)NC(C)(C)C. The number of nitrogens with one attached hydrogen (secondary N) is 1. The summed E-state index contributed by atoms with van der Waals surface area (Å²) < 4.78 is 40.0. The molecule has 2 rings (SSSR count). The van der Waals surface area contributed by atoms with Crippen molar-refractivity contribution >= 4 is 27.5 Å². The third-order valence-electron chi connectivity index (χ3n) is 5.07. The van der Waals surface area contributed by atoms with Gasteiger partial charge in [0.2, 0.25) is 21.8 Å². The molecular formula is C24H32FN3O4S. The van der Waals surface area contributed by atoms with Crippen molar-refractivity contribution in [2.24, 2.45) is 0 Å². The van der Waals surface area contributed by atoms with Gasteiger partial charge >= 0.3 is 0 Å². The second-order valence-electron chi connectivity index (χ2n) is 9.08. The third kappa shape index (κ3) is 7.28. The van der Waals surface area contributed by atoms with Crippen LogP contribution in [0.5, 0.6) is 0 Å². The Kier molecular flexibility index (Phi) is 8.24. The van der Waals surface area contributed by atoms with Gasteiger partial charge in [0.05, 0.1) is 11.9 Å². The summed E-state index contributed by atoms with van der Waals surface area (Å²) in [4.78, 5) is 27.6. The van der Waals surface area contributed by atoms with Gasteiger partial charge in [-0.05, 0) is 57.9 Å². The Labute approximate surface area is 195 Å². The van der Waals surface area contributed by atoms with Crippen molar-refractivity contribution in [1.29, 1.82) is 0 Å². The predicted octanol–water partition coefficient (Wildman–Crippen LogP) is 3.23. The molecule has 0 aliphatic heterocycles. The molecule has 1 unspecified atom stereocenters. The van der Waals surface area contributed by atoms with Gasteiger partial charge in [-0.2, -0.15) is 0 Å². The van der Waals surface area contributed by atoms with Crippen molar-refractivity contribution in [2.45, 2.75) is 52.7 Å². The Balaban J connectivity index is 2.43. The lowest BCUT2D eigenvalue weighted by Crippen LogP contribution is -2.54. The van der Waals surface area contributed by atoms with Gasteiger partial charge in [0.1, 0.15) is 18.4 Å². The van der Waals surface area contributed by atoms with Crippen LogP contribution in [-0.4, -0.2) is 49.5 Å². The predicted molar refractivity (Wildman–Crippen MR) is 128 cm³/mol. The lowest BCUT2D eigenvalue weighted by atomic mass is 10.1. The highest BCUT2D eigenvalue weighted by molar-refractivity contribution is 7.92. The smallest absolute Gasteiger partial charge is 0.244 e. The molecule has 1 atom stereocenters. The van der Waals surface area contributed by atoms with E-state index in [2.05, 4.69) is 5.32 Å². The average Bonchev–Trinajstić information content (AvgIpc) is 2.69. The Hall–Kier alpha value is -2.94. The van der Waals surface area contributed by atoms with Crippen molar-refractivity contribution < 1.29 is 22.4 Å². The summed E-state index contributed by atoms with van der Waals surface area (Å²) in [5, 5.41) is 2.85. The lowest BCUT2D eigenvalue weighted by Gasteiger charge is -2.33. The highest BCUT2D eigenvalue weighted by atomic mass is 32.2.